The molecule has 2 amide bonds. The average Bonchev–Trinajstić information content (AvgIpc) is 3.00. The molecule has 2 aromatic carbocycles. The number of nitrogens with zero attached hydrogens (tertiary/aromatic N) is 1. The Balaban J connectivity index is 1.77. The van der Waals surface area contributed by atoms with Gasteiger partial charge in [-0.25, -0.2) is 4.98 Å². The van der Waals surface area contributed by atoms with Crippen LogP contribution in [0.5, 0.6) is 0 Å². The molecular formula is C19H14N4O2. The number of carbonyl (C=O) groups is 2. The van der Waals surface area contributed by atoms with Gasteiger partial charge in [-0.3, -0.25) is 9.59 Å². The maximum absolute atomic E-state index is 12.3. The molecule has 0 spiro atoms. The standard InChI is InChI=1S/C19H14N4O2/c20-18(24)17-16-13(8-9-21-17)14-10-12(6-7-15(14)23-16)22-19(25)11-4-2-1-3-5-11/h1-10,23H,(H2,20,24)(H,22,25). The first-order valence-corrected chi connectivity index (χ1v) is 7.70. The molecule has 6 heteroatoms. The first-order valence-electron chi connectivity index (χ1n) is 7.70. The maximum Gasteiger partial charge on any atom is 0.269 e. The first-order chi connectivity index (χ1) is 12.1. The van der Waals surface area contributed by atoms with Crippen LogP contribution >= 0.6 is 0 Å². The molecule has 0 atom stereocenters. The zero-order valence-corrected chi connectivity index (χ0v) is 13.1. The molecule has 4 aromatic rings. The number of hydrogen-bond donors (Lipinski definition) is 3. The molecule has 0 unspecified atom stereocenters. The van der Waals surface area contributed by atoms with Crippen LogP contribution in [-0.2, 0) is 0 Å². The van der Waals surface area contributed by atoms with Gasteiger partial charge >= 0.3 is 0 Å². The topological polar surface area (TPSA) is 101 Å². The number of carbonyl (C=O) groups excluding carboxylic acids is 2. The minimum atomic E-state index is -0.588. The van der Waals surface area contributed by atoms with Gasteiger partial charge in [-0.05, 0) is 36.4 Å². The second kappa shape index (κ2) is 5.76. The highest BCUT2D eigenvalue weighted by Crippen LogP contribution is 2.29. The lowest BCUT2D eigenvalue weighted by Gasteiger charge is -2.05. The lowest BCUT2D eigenvalue weighted by atomic mass is 10.1. The molecule has 6 nitrogen and oxygen atoms in total. The van der Waals surface area contributed by atoms with Gasteiger partial charge in [-0.2, -0.15) is 0 Å². The summed E-state index contributed by atoms with van der Waals surface area (Å²) in [4.78, 5) is 31.0. The highest BCUT2D eigenvalue weighted by atomic mass is 16.2. The molecule has 0 radical (unpaired) electrons. The predicted molar refractivity (Wildman–Crippen MR) is 96.5 cm³/mol. The quantitative estimate of drug-likeness (QED) is 0.538. The van der Waals surface area contributed by atoms with E-state index in [1.54, 1.807) is 24.4 Å². The number of rotatable bonds is 3. The van der Waals surface area contributed by atoms with E-state index in [1.165, 1.54) is 0 Å². The van der Waals surface area contributed by atoms with E-state index in [4.69, 9.17) is 5.73 Å². The zero-order chi connectivity index (χ0) is 17.4. The van der Waals surface area contributed by atoms with E-state index < -0.39 is 5.91 Å². The van der Waals surface area contributed by atoms with Crippen LogP contribution in [0.15, 0.2) is 60.8 Å². The Morgan fingerprint density at radius 3 is 2.56 bits per heavy atom. The number of aromatic amines is 1. The van der Waals surface area contributed by atoms with Crippen LogP contribution in [0, 0.1) is 0 Å². The molecule has 25 heavy (non-hydrogen) atoms. The van der Waals surface area contributed by atoms with Crippen molar-refractivity contribution in [3.8, 4) is 0 Å². The van der Waals surface area contributed by atoms with Crippen molar-refractivity contribution in [2.24, 2.45) is 5.73 Å². The van der Waals surface area contributed by atoms with Crippen LogP contribution in [0.3, 0.4) is 0 Å². The summed E-state index contributed by atoms with van der Waals surface area (Å²) in [5.41, 5.74) is 8.26. The van der Waals surface area contributed by atoms with Gasteiger partial charge in [-0.15, -0.1) is 0 Å². The lowest BCUT2D eigenvalue weighted by Crippen LogP contribution is -2.13. The molecule has 0 saturated carbocycles. The summed E-state index contributed by atoms with van der Waals surface area (Å²) >= 11 is 0. The van der Waals surface area contributed by atoms with E-state index in [0.29, 0.717) is 16.8 Å². The highest BCUT2D eigenvalue weighted by Gasteiger charge is 2.13. The molecular weight excluding hydrogens is 316 g/mol. The second-order valence-electron chi connectivity index (χ2n) is 5.65. The maximum atomic E-state index is 12.3. The molecule has 0 aliphatic rings. The Labute approximate surface area is 142 Å². The summed E-state index contributed by atoms with van der Waals surface area (Å²) in [5, 5.41) is 4.59. The number of hydrogen-bond acceptors (Lipinski definition) is 3. The van der Waals surface area contributed by atoms with Crippen LogP contribution < -0.4 is 11.1 Å². The third-order valence-corrected chi connectivity index (χ3v) is 4.05. The van der Waals surface area contributed by atoms with Crippen molar-refractivity contribution in [3.63, 3.8) is 0 Å². The van der Waals surface area contributed by atoms with E-state index in [-0.39, 0.29) is 11.6 Å². The van der Waals surface area contributed by atoms with Crippen molar-refractivity contribution in [1.29, 1.82) is 0 Å². The van der Waals surface area contributed by atoms with Crippen LogP contribution in [0.25, 0.3) is 21.8 Å². The van der Waals surface area contributed by atoms with Crippen molar-refractivity contribution in [2.45, 2.75) is 0 Å². The van der Waals surface area contributed by atoms with Gasteiger partial charge in [-0.1, -0.05) is 18.2 Å². The van der Waals surface area contributed by atoms with Crippen molar-refractivity contribution in [2.75, 3.05) is 5.32 Å². The smallest absolute Gasteiger partial charge is 0.269 e. The first kappa shape index (κ1) is 14.9. The van der Waals surface area contributed by atoms with E-state index >= 15 is 0 Å². The number of H-pyrrole nitrogens is 1. The van der Waals surface area contributed by atoms with Gasteiger partial charge in [0.1, 0.15) is 0 Å². The molecule has 4 rings (SSSR count). The number of anilines is 1. The summed E-state index contributed by atoms with van der Waals surface area (Å²) in [6.45, 7) is 0. The number of primary amides is 1. The Bertz CT molecular complexity index is 1120. The Hall–Kier alpha value is -3.67. The number of fused-ring (bicyclic) bond motifs is 3. The van der Waals surface area contributed by atoms with Crippen molar-refractivity contribution in [1.82, 2.24) is 9.97 Å². The second-order valence-corrected chi connectivity index (χ2v) is 5.65. The van der Waals surface area contributed by atoms with E-state index in [9.17, 15) is 9.59 Å². The summed E-state index contributed by atoms with van der Waals surface area (Å²) < 4.78 is 0. The summed E-state index contributed by atoms with van der Waals surface area (Å²) in [5.74, 6) is -0.769. The fraction of sp³-hybridized carbons (Fsp3) is 0. The van der Waals surface area contributed by atoms with Gasteiger partial charge < -0.3 is 16.0 Å². The summed E-state index contributed by atoms with van der Waals surface area (Å²) in [6, 6.07) is 16.3. The molecule has 2 aromatic heterocycles. The molecule has 0 fully saturated rings. The lowest BCUT2D eigenvalue weighted by molar-refractivity contribution is 0.0994. The van der Waals surface area contributed by atoms with Crippen LogP contribution in [-0.4, -0.2) is 21.8 Å². The molecule has 2 heterocycles. The van der Waals surface area contributed by atoms with Gasteiger partial charge in [0.05, 0.1) is 5.52 Å². The van der Waals surface area contributed by atoms with Gasteiger partial charge in [0.15, 0.2) is 5.69 Å². The van der Waals surface area contributed by atoms with Gasteiger partial charge in [0.25, 0.3) is 11.8 Å². The molecule has 0 aliphatic carbocycles. The Kier molecular flexibility index (Phi) is 3.43. The Morgan fingerprint density at radius 1 is 1.00 bits per heavy atom. The van der Waals surface area contributed by atoms with Crippen molar-refractivity contribution >= 4 is 39.3 Å². The van der Waals surface area contributed by atoms with Gasteiger partial charge in [0.2, 0.25) is 0 Å². The van der Waals surface area contributed by atoms with E-state index in [1.807, 2.05) is 36.4 Å². The molecule has 0 bridgehead atoms. The molecule has 0 aliphatic heterocycles. The van der Waals surface area contributed by atoms with Crippen molar-refractivity contribution < 1.29 is 9.59 Å². The normalized spacial score (nSPS) is 10.9. The van der Waals surface area contributed by atoms with Crippen LogP contribution in [0.1, 0.15) is 20.8 Å². The van der Waals surface area contributed by atoms with E-state index in [0.717, 1.165) is 16.3 Å². The predicted octanol–water partition coefficient (Wildman–Crippen LogP) is 3.07. The van der Waals surface area contributed by atoms with Gasteiger partial charge in [0, 0.05) is 33.7 Å². The SMILES string of the molecule is NC(=O)c1nccc2c1[nH]c1ccc(NC(=O)c3ccccc3)cc12. The molecule has 4 N–H and O–H groups in total. The third-order valence-electron chi connectivity index (χ3n) is 4.05. The fourth-order valence-corrected chi connectivity index (χ4v) is 2.88. The van der Waals surface area contributed by atoms with E-state index in [2.05, 4.69) is 15.3 Å². The molecule has 0 saturated heterocycles. The van der Waals surface area contributed by atoms with Crippen molar-refractivity contribution in [3.05, 3.63) is 72.1 Å². The number of amides is 2. The Morgan fingerprint density at radius 2 is 1.80 bits per heavy atom. The number of pyridine rings is 1. The summed E-state index contributed by atoms with van der Waals surface area (Å²) in [7, 11) is 0. The van der Waals surface area contributed by atoms with Crippen LogP contribution in [0.4, 0.5) is 5.69 Å². The monoisotopic (exact) mass is 330 g/mol. The molecule has 122 valence electrons. The largest absolute Gasteiger partial charge is 0.364 e. The van der Waals surface area contributed by atoms with Crippen LogP contribution in [0.2, 0.25) is 0 Å². The third kappa shape index (κ3) is 2.59. The number of benzene rings is 2. The summed E-state index contributed by atoms with van der Waals surface area (Å²) in [6.07, 6.45) is 1.55. The number of aromatic nitrogens is 2. The fourth-order valence-electron chi connectivity index (χ4n) is 2.88. The number of nitrogens with two attached hydrogens (primary N) is 1. The average molecular weight is 330 g/mol. The zero-order valence-electron chi connectivity index (χ0n) is 13.1. The highest BCUT2D eigenvalue weighted by molar-refractivity contribution is 6.15. The number of nitrogens with one attached hydrogen (secondary N) is 2. The minimum Gasteiger partial charge on any atom is -0.364 e. The minimum absolute atomic E-state index is 0.181.